The number of carbonyl (C=O) groups excluding carboxylic acids is 3. The van der Waals surface area contributed by atoms with E-state index >= 15 is 0 Å². The van der Waals surface area contributed by atoms with Gasteiger partial charge in [0.2, 0.25) is 17.7 Å². The van der Waals surface area contributed by atoms with Crippen molar-refractivity contribution < 1.29 is 23.6 Å². The van der Waals surface area contributed by atoms with Crippen LogP contribution in [0, 0.1) is 6.92 Å². The normalized spacial score (nSPS) is 11.9. The summed E-state index contributed by atoms with van der Waals surface area (Å²) in [6, 6.07) is 14.2. The lowest BCUT2D eigenvalue weighted by Gasteiger charge is -2.34. The van der Waals surface area contributed by atoms with Crippen LogP contribution >= 0.6 is 11.6 Å². The lowest BCUT2D eigenvalue weighted by atomic mass is 10.00. The third-order valence-corrected chi connectivity index (χ3v) is 5.70. The number of carbonyl (C=O) groups is 3. The molecular formula is C28H33ClN4O5. The van der Waals surface area contributed by atoms with Gasteiger partial charge in [0.1, 0.15) is 17.6 Å². The summed E-state index contributed by atoms with van der Waals surface area (Å²) in [6.45, 7) is 9.63. The number of benzene rings is 2. The summed E-state index contributed by atoms with van der Waals surface area (Å²) in [5.41, 5.74) is 0.348. The maximum absolute atomic E-state index is 13.8. The summed E-state index contributed by atoms with van der Waals surface area (Å²) in [5, 5.41) is 9.66. The molecule has 3 rings (SSSR count). The topological polar surface area (TPSA) is 114 Å². The third-order valence-electron chi connectivity index (χ3n) is 5.36. The molecule has 3 amide bonds. The maximum Gasteiger partial charge on any atom is 0.248 e. The summed E-state index contributed by atoms with van der Waals surface area (Å²) >= 11 is 6.54. The molecule has 10 heteroatoms. The summed E-state index contributed by atoms with van der Waals surface area (Å²) in [6.07, 6.45) is -0.298. The van der Waals surface area contributed by atoms with Gasteiger partial charge >= 0.3 is 0 Å². The van der Waals surface area contributed by atoms with E-state index in [1.165, 1.54) is 4.90 Å². The molecule has 38 heavy (non-hydrogen) atoms. The monoisotopic (exact) mass is 540 g/mol. The predicted molar refractivity (Wildman–Crippen MR) is 146 cm³/mol. The number of hydrogen-bond donors (Lipinski definition) is 2. The SMILES string of the molecule is CCOc1ccc(N(C(=O)CCC(=O)Nc2cc(C)on2)[C@@H](C(=O)NC(C)(C)C)c2ccccc2Cl)cc1. The number of ether oxygens (including phenoxy) is 1. The molecule has 0 aliphatic heterocycles. The van der Waals surface area contributed by atoms with Crippen molar-refractivity contribution in [1.82, 2.24) is 10.5 Å². The smallest absolute Gasteiger partial charge is 0.248 e. The van der Waals surface area contributed by atoms with E-state index in [1.807, 2.05) is 27.7 Å². The highest BCUT2D eigenvalue weighted by Crippen LogP contribution is 2.34. The van der Waals surface area contributed by atoms with Crippen molar-refractivity contribution in [2.75, 3.05) is 16.8 Å². The van der Waals surface area contributed by atoms with Gasteiger partial charge in [-0.05, 0) is 65.0 Å². The molecule has 0 bridgehead atoms. The minimum absolute atomic E-state index is 0.131. The van der Waals surface area contributed by atoms with E-state index in [2.05, 4.69) is 15.8 Å². The number of aromatic nitrogens is 1. The highest BCUT2D eigenvalue weighted by atomic mass is 35.5. The Hall–Kier alpha value is -3.85. The first-order valence-corrected chi connectivity index (χ1v) is 12.7. The average molecular weight is 541 g/mol. The number of aryl methyl sites for hydroxylation is 1. The Balaban J connectivity index is 1.98. The minimum atomic E-state index is -1.09. The number of anilines is 2. The van der Waals surface area contributed by atoms with Crippen LogP contribution in [0.5, 0.6) is 5.75 Å². The summed E-state index contributed by atoms with van der Waals surface area (Å²) < 4.78 is 10.5. The molecule has 1 heterocycles. The lowest BCUT2D eigenvalue weighted by Crippen LogP contribution is -2.49. The molecule has 3 aromatic rings. The van der Waals surface area contributed by atoms with Crippen molar-refractivity contribution in [1.29, 1.82) is 0 Å². The van der Waals surface area contributed by atoms with Crippen LogP contribution in [0.25, 0.3) is 0 Å². The molecule has 0 unspecified atom stereocenters. The Morgan fingerprint density at radius 1 is 1.08 bits per heavy atom. The zero-order valence-electron chi connectivity index (χ0n) is 22.2. The minimum Gasteiger partial charge on any atom is -0.494 e. The lowest BCUT2D eigenvalue weighted by molar-refractivity contribution is -0.128. The second kappa shape index (κ2) is 12.6. The molecule has 0 spiro atoms. The van der Waals surface area contributed by atoms with Crippen LogP contribution in [-0.2, 0) is 14.4 Å². The molecule has 0 aliphatic rings. The van der Waals surface area contributed by atoms with Gasteiger partial charge in [0.25, 0.3) is 0 Å². The molecule has 0 fully saturated rings. The zero-order valence-corrected chi connectivity index (χ0v) is 23.0. The standard InChI is InChI=1S/C28H33ClN4O5/c1-6-37-20-13-11-19(12-14-20)33(25(35)16-15-24(34)30-23-17-18(2)38-32-23)26(27(36)31-28(3,4)5)21-9-7-8-10-22(21)29/h7-14,17,26H,6,15-16H2,1-5H3,(H,31,36)(H,30,32,34)/t26-/m1/s1. The second-order valence-corrected chi connectivity index (χ2v) is 10.1. The first-order chi connectivity index (χ1) is 18.0. The van der Waals surface area contributed by atoms with Gasteiger partial charge in [0.05, 0.1) is 6.61 Å². The van der Waals surface area contributed by atoms with Gasteiger partial charge in [0.15, 0.2) is 5.82 Å². The molecule has 1 aromatic heterocycles. The van der Waals surface area contributed by atoms with Crippen molar-refractivity contribution in [3.63, 3.8) is 0 Å². The van der Waals surface area contributed by atoms with Crippen molar-refractivity contribution in [2.45, 2.75) is 59.0 Å². The Labute approximate surface area is 227 Å². The molecule has 0 radical (unpaired) electrons. The first-order valence-electron chi connectivity index (χ1n) is 12.3. The van der Waals surface area contributed by atoms with E-state index in [4.69, 9.17) is 20.9 Å². The highest BCUT2D eigenvalue weighted by molar-refractivity contribution is 6.31. The van der Waals surface area contributed by atoms with E-state index in [0.717, 1.165) is 0 Å². The molecular weight excluding hydrogens is 508 g/mol. The molecule has 9 nitrogen and oxygen atoms in total. The molecule has 0 aliphatic carbocycles. The Bertz CT molecular complexity index is 1270. The van der Waals surface area contributed by atoms with E-state index in [9.17, 15) is 14.4 Å². The number of halogens is 1. The first kappa shape index (κ1) is 28.7. The number of nitrogens with one attached hydrogen (secondary N) is 2. The van der Waals surface area contributed by atoms with Gasteiger partial charge in [-0.1, -0.05) is 35.0 Å². The molecule has 202 valence electrons. The molecule has 0 saturated carbocycles. The Morgan fingerprint density at radius 2 is 1.76 bits per heavy atom. The van der Waals surface area contributed by atoms with E-state index in [0.29, 0.717) is 34.4 Å². The molecule has 0 saturated heterocycles. The fraction of sp³-hybridized carbons (Fsp3) is 0.357. The molecule has 2 N–H and O–H groups in total. The van der Waals surface area contributed by atoms with Crippen LogP contribution in [-0.4, -0.2) is 35.0 Å². The van der Waals surface area contributed by atoms with Gasteiger partial charge in [-0.3, -0.25) is 19.3 Å². The Kier molecular flexibility index (Phi) is 9.52. The van der Waals surface area contributed by atoms with Crippen molar-refractivity contribution >= 4 is 40.8 Å². The van der Waals surface area contributed by atoms with Crippen molar-refractivity contribution in [3.05, 3.63) is 70.9 Å². The molecule has 1 atom stereocenters. The van der Waals surface area contributed by atoms with Gasteiger partial charge in [0, 0.05) is 40.7 Å². The van der Waals surface area contributed by atoms with Crippen LogP contribution in [0.15, 0.2) is 59.1 Å². The highest BCUT2D eigenvalue weighted by Gasteiger charge is 2.35. The van der Waals surface area contributed by atoms with Crippen LogP contribution in [0.1, 0.15) is 57.9 Å². The Morgan fingerprint density at radius 3 is 2.34 bits per heavy atom. The van der Waals surface area contributed by atoms with Gasteiger partial charge in [-0.25, -0.2) is 0 Å². The summed E-state index contributed by atoms with van der Waals surface area (Å²) in [4.78, 5) is 41.4. The fourth-order valence-electron chi connectivity index (χ4n) is 3.81. The third kappa shape index (κ3) is 7.82. The summed E-state index contributed by atoms with van der Waals surface area (Å²) in [7, 11) is 0. The molecule has 2 aromatic carbocycles. The van der Waals surface area contributed by atoms with Crippen LogP contribution < -0.4 is 20.3 Å². The quantitative estimate of drug-likeness (QED) is 0.354. The second-order valence-electron chi connectivity index (χ2n) is 9.72. The van der Waals surface area contributed by atoms with E-state index in [-0.39, 0.29) is 18.7 Å². The van der Waals surface area contributed by atoms with Crippen LogP contribution in [0.3, 0.4) is 0 Å². The predicted octanol–water partition coefficient (Wildman–Crippen LogP) is 5.44. The number of rotatable bonds is 10. The van der Waals surface area contributed by atoms with E-state index in [1.54, 1.807) is 61.5 Å². The van der Waals surface area contributed by atoms with Crippen LogP contribution in [0.2, 0.25) is 5.02 Å². The number of hydrogen-bond acceptors (Lipinski definition) is 6. The van der Waals surface area contributed by atoms with Gasteiger partial charge < -0.3 is 19.9 Å². The van der Waals surface area contributed by atoms with Crippen LogP contribution in [0.4, 0.5) is 11.5 Å². The number of amides is 3. The maximum atomic E-state index is 13.8. The number of nitrogens with zero attached hydrogens (tertiary/aromatic N) is 2. The fourth-order valence-corrected chi connectivity index (χ4v) is 4.05. The zero-order chi connectivity index (χ0) is 27.9. The van der Waals surface area contributed by atoms with Crippen molar-refractivity contribution in [3.8, 4) is 5.75 Å². The van der Waals surface area contributed by atoms with Crippen molar-refractivity contribution in [2.24, 2.45) is 0 Å². The largest absolute Gasteiger partial charge is 0.494 e. The van der Waals surface area contributed by atoms with Gasteiger partial charge in [-0.2, -0.15) is 0 Å². The average Bonchev–Trinajstić information content (AvgIpc) is 3.25. The summed E-state index contributed by atoms with van der Waals surface area (Å²) in [5.74, 6) is 0.184. The van der Waals surface area contributed by atoms with E-state index < -0.39 is 29.3 Å². The van der Waals surface area contributed by atoms with Gasteiger partial charge in [-0.15, -0.1) is 0 Å².